The summed E-state index contributed by atoms with van der Waals surface area (Å²) in [5.74, 6) is 0.511. The summed E-state index contributed by atoms with van der Waals surface area (Å²) in [6, 6.07) is -0.0865. The van der Waals surface area contributed by atoms with Crippen LogP contribution in [0.4, 0.5) is 4.79 Å². The van der Waals surface area contributed by atoms with Crippen LogP contribution in [0.25, 0.3) is 0 Å². The van der Waals surface area contributed by atoms with Crippen LogP contribution in [0, 0.1) is 5.92 Å². The maximum Gasteiger partial charge on any atom is 0.321 e. The number of amides is 3. The highest BCUT2D eigenvalue weighted by Gasteiger charge is 2.26. The van der Waals surface area contributed by atoms with Gasteiger partial charge in [-0.25, -0.2) is 4.79 Å². The number of imide groups is 1. The van der Waals surface area contributed by atoms with Crippen molar-refractivity contribution in [1.29, 1.82) is 0 Å². The van der Waals surface area contributed by atoms with Crippen LogP contribution in [0.2, 0.25) is 0 Å². The first kappa shape index (κ1) is 15.9. The first-order chi connectivity index (χ1) is 9.10. The highest BCUT2D eigenvalue weighted by atomic mass is 16.2. The summed E-state index contributed by atoms with van der Waals surface area (Å²) < 4.78 is 0. The number of nitrogens with zero attached hydrogens (tertiary/aromatic N) is 1. The van der Waals surface area contributed by atoms with Crippen LogP contribution in [-0.4, -0.2) is 49.6 Å². The second-order valence-electron chi connectivity index (χ2n) is 5.10. The Morgan fingerprint density at radius 2 is 2.16 bits per heavy atom. The molecule has 2 atom stereocenters. The zero-order chi connectivity index (χ0) is 14.3. The quantitative estimate of drug-likeness (QED) is 0.669. The van der Waals surface area contributed by atoms with E-state index in [4.69, 9.17) is 5.73 Å². The lowest BCUT2D eigenvalue weighted by Gasteiger charge is -2.38. The summed E-state index contributed by atoms with van der Waals surface area (Å²) in [4.78, 5) is 24.8. The Kier molecular flexibility index (Phi) is 6.80. The van der Waals surface area contributed by atoms with Crippen molar-refractivity contribution in [2.24, 2.45) is 11.7 Å². The van der Waals surface area contributed by atoms with Crippen LogP contribution >= 0.6 is 0 Å². The minimum absolute atomic E-state index is 0.243. The van der Waals surface area contributed by atoms with Crippen molar-refractivity contribution in [3.8, 4) is 0 Å². The molecule has 1 saturated heterocycles. The molecule has 1 rings (SSSR count). The summed E-state index contributed by atoms with van der Waals surface area (Å²) in [7, 11) is 1.49. The van der Waals surface area contributed by atoms with Crippen molar-refractivity contribution in [3.05, 3.63) is 0 Å². The SMILES string of the molecule is CCC1CCN(CCC(=O)NC(=O)NC)C(CN)C1. The zero-order valence-corrected chi connectivity index (χ0v) is 11.9. The second-order valence-corrected chi connectivity index (χ2v) is 5.10. The highest BCUT2D eigenvalue weighted by Crippen LogP contribution is 2.24. The van der Waals surface area contributed by atoms with Gasteiger partial charge in [-0.15, -0.1) is 0 Å². The molecule has 0 saturated carbocycles. The van der Waals surface area contributed by atoms with Crippen molar-refractivity contribution in [1.82, 2.24) is 15.5 Å². The Morgan fingerprint density at radius 3 is 2.74 bits per heavy atom. The second kappa shape index (κ2) is 8.12. The molecule has 110 valence electrons. The molecule has 0 aromatic rings. The monoisotopic (exact) mass is 270 g/mol. The van der Waals surface area contributed by atoms with Crippen LogP contribution < -0.4 is 16.4 Å². The van der Waals surface area contributed by atoms with Gasteiger partial charge in [-0.3, -0.25) is 15.0 Å². The standard InChI is InChI=1S/C13H26N4O2/c1-3-10-4-6-17(11(8-10)9-14)7-5-12(18)16-13(19)15-2/h10-11H,3-9,14H2,1-2H3,(H2,15,16,18,19). The molecule has 4 N–H and O–H groups in total. The molecule has 3 amide bonds. The predicted molar refractivity (Wildman–Crippen MR) is 74.6 cm³/mol. The number of urea groups is 1. The molecular weight excluding hydrogens is 244 g/mol. The van der Waals surface area contributed by atoms with E-state index in [2.05, 4.69) is 22.5 Å². The minimum Gasteiger partial charge on any atom is -0.341 e. The van der Waals surface area contributed by atoms with Crippen molar-refractivity contribution in [3.63, 3.8) is 0 Å². The molecule has 0 aliphatic carbocycles. The van der Waals surface area contributed by atoms with Crippen molar-refractivity contribution in [2.75, 3.05) is 26.7 Å². The number of hydrogen-bond donors (Lipinski definition) is 3. The molecule has 0 spiro atoms. The number of nitrogens with one attached hydrogen (secondary N) is 2. The number of carbonyl (C=O) groups is 2. The average molecular weight is 270 g/mol. The van der Waals surface area contributed by atoms with Crippen LogP contribution in [0.3, 0.4) is 0 Å². The van der Waals surface area contributed by atoms with Gasteiger partial charge < -0.3 is 11.1 Å². The summed E-state index contributed by atoms with van der Waals surface area (Å²) in [6.07, 6.45) is 3.82. The van der Waals surface area contributed by atoms with E-state index in [1.54, 1.807) is 0 Å². The number of rotatable bonds is 5. The lowest BCUT2D eigenvalue weighted by atomic mass is 9.89. The topological polar surface area (TPSA) is 87.5 Å². The fraction of sp³-hybridized carbons (Fsp3) is 0.846. The Balaban J connectivity index is 2.35. The van der Waals surface area contributed by atoms with Gasteiger partial charge in [0, 0.05) is 32.6 Å². The van der Waals surface area contributed by atoms with E-state index in [9.17, 15) is 9.59 Å². The number of piperidine rings is 1. The third kappa shape index (κ3) is 5.16. The number of nitrogens with two attached hydrogens (primary N) is 1. The third-order valence-electron chi connectivity index (χ3n) is 3.90. The molecule has 1 aliphatic heterocycles. The van der Waals surface area contributed by atoms with Gasteiger partial charge >= 0.3 is 6.03 Å². The van der Waals surface area contributed by atoms with Crippen molar-refractivity contribution >= 4 is 11.9 Å². The molecule has 0 bridgehead atoms. The fourth-order valence-electron chi connectivity index (χ4n) is 2.59. The number of likely N-dealkylation sites (tertiary alicyclic amines) is 1. The van der Waals surface area contributed by atoms with Gasteiger partial charge in [-0.2, -0.15) is 0 Å². The number of hydrogen-bond acceptors (Lipinski definition) is 4. The van der Waals surface area contributed by atoms with Crippen molar-refractivity contribution in [2.45, 2.75) is 38.6 Å². The maximum absolute atomic E-state index is 11.5. The van der Waals surface area contributed by atoms with E-state index < -0.39 is 6.03 Å². The smallest absolute Gasteiger partial charge is 0.321 e. The van der Waals surface area contributed by atoms with Crippen molar-refractivity contribution < 1.29 is 9.59 Å². The molecule has 0 aromatic heterocycles. The molecule has 6 nitrogen and oxygen atoms in total. The lowest BCUT2D eigenvalue weighted by molar-refractivity contribution is -0.120. The van der Waals surface area contributed by atoms with Crippen LogP contribution in [0.5, 0.6) is 0 Å². The average Bonchev–Trinajstić information content (AvgIpc) is 2.44. The summed E-state index contributed by atoms with van der Waals surface area (Å²) in [5, 5.41) is 4.64. The van der Waals surface area contributed by atoms with Gasteiger partial charge in [-0.1, -0.05) is 13.3 Å². The van der Waals surface area contributed by atoms with E-state index in [0.29, 0.717) is 25.6 Å². The minimum atomic E-state index is -0.454. The highest BCUT2D eigenvalue weighted by molar-refractivity contribution is 5.94. The zero-order valence-electron chi connectivity index (χ0n) is 11.9. The summed E-state index contributed by atoms with van der Waals surface area (Å²) in [5.41, 5.74) is 5.81. The summed E-state index contributed by atoms with van der Waals surface area (Å²) >= 11 is 0. The van der Waals surface area contributed by atoms with Crippen LogP contribution in [0.15, 0.2) is 0 Å². The van der Waals surface area contributed by atoms with Gasteiger partial charge in [0.2, 0.25) is 5.91 Å². The first-order valence-electron chi connectivity index (χ1n) is 7.06. The van der Waals surface area contributed by atoms with E-state index in [-0.39, 0.29) is 5.91 Å². The summed E-state index contributed by atoms with van der Waals surface area (Å²) in [6.45, 7) is 4.51. The fourth-order valence-corrected chi connectivity index (χ4v) is 2.59. The Bertz CT molecular complexity index is 309. The van der Waals surface area contributed by atoms with Gasteiger partial charge in [0.15, 0.2) is 0 Å². The molecule has 1 heterocycles. The molecule has 1 aliphatic rings. The van der Waals surface area contributed by atoms with Gasteiger partial charge in [0.25, 0.3) is 0 Å². The maximum atomic E-state index is 11.5. The molecule has 1 fully saturated rings. The Labute approximate surface area is 115 Å². The van der Waals surface area contributed by atoms with E-state index in [0.717, 1.165) is 18.9 Å². The van der Waals surface area contributed by atoms with E-state index >= 15 is 0 Å². The Morgan fingerprint density at radius 1 is 1.42 bits per heavy atom. The molecule has 2 unspecified atom stereocenters. The Hall–Kier alpha value is -1.14. The van der Waals surface area contributed by atoms with Gasteiger partial charge in [0.1, 0.15) is 0 Å². The lowest BCUT2D eigenvalue weighted by Crippen LogP contribution is -2.48. The predicted octanol–water partition coefficient (Wildman–Crippen LogP) is 0.281. The normalized spacial score (nSPS) is 23.9. The van der Waals surface area contributed by atoms with Gasteiger partial charge in [-0.05, 0) is 25.3 Å². The molecule has 6 heteroatoms. The molecule has 0 radical (unpaired) electrons. The number of carbonyl (C=O) groups excluding carboxylic acids is 2. The molecule has 0 aromatic carbocycles. The van der Waals surface area contributed by atoms with Crippen LogP contribution in [-0.2, 0) is 4.79 Å². The van der Waals surface area contributed by atoms with E-state index in [1.165, 1.54) is 19.9 Å². The first-order valence-corrected chi connectivity index (χ1v) is 7.06. The molecule has 19 heavy (non-hydrogen) atoms. The van der Waals surface area contributed by atoms with Gasteiger partial charge in [0.05, 0.1) is 0 Å². The van der Waals surface area contributed by atoms with E-state index in [1.807, 2.05) is 0 Å². The largest absolute Gasteiger partial charge is 0.341 e. The third-order valence-corrected chi connectivity index (χ3v) is 3.90. The van der Waals surface area contributed by atoms with Crippen LogP contribution in [0.1, 0.15) is 32.6 Å². The molecular formula is C13H26N4O2.